The number of Topliss-reactive ketones (excluding diaryl/α,β-unsaturated/α-hetero) is 1. The van der Waals surface area contributed by atoms with Gasteiger partial charge in [0.15, 0.2) is 11.6 Å². The predicted octanol–water partition coefficient (Wildman–Crippen LogP) is 2.92. The highest BCUT2D eigenvalue weighted by molar-refractivity contribution is 5.97. The van der Waals surface area contributed by atoms with Crippen LogP contribution >= 0.6 is 0 Å². The number of benzene rings is 2. The number of aromatic nitrogens is 2. The predicted molar refractivity (Wildman–Crippen MR) is 108 cm³/mol. The van der Waals surface area contributed by atoms with Crippen molar-refractivity contribution >= 4 is 11.7 Å². The van der Waals surface area contributed by atoms with Gasteiger partial charge in [-0.2, -0.15) is 0 Å². The fourth-order valence-electron chi connectivity index (χ4n) is 3.04. The second-order valence-electron chi connectivity index (χ2n) is 7.21. The largest absolute Gasteiger partial charge is 0.442 e. The molecule has 0 saturated heterocycles. The summed E-state index contributed by atoms with van der Waals surface area (Å²) in [5.74, 6) is -0.875. The zero-order valence-corrected chi connectivity index (χ0v) is 16.4. The molecule has 0 aliphatic carbocycles. The van der Waals surface area contributed by atoms with Gasteiger partial charge in [-0.05, 0) is 24.5 Å². The molecule has 7 nitrogen and oxygen atoms in total. The molecule has 1 N–H and O–H groups in total. The van der Waals surface area contributed by atoms with Crippen LogP contribution in [0.2, 0.25) is 0 Å². The second kappa shape index (κ2) is 9.14. The van der Waals surface area contributed by atoms with Crippen LogP contribution < -0.4 is 11.1 Å². The summed E-state index contributed by atoms with van der Waals surface area (Å²) in [5.41, 5.74) is 1.14. The van der Waals surface area contributed by atoms with E-state index in [0.29, 0.717) is 17.5 Å². The third-order valence-electron chi connectivity index (χ3n) is 4.47. The van der Waals surface area contributed by atoms with E-state index in [2.05, 4.69) is 10.5 Å². The molecule has 3 rings (SSSR count). The van der Waals surface area contributed by atoms with Crippen molar-refractivity contribution in [2.45, 2.75) is 32.9 Å². The molecule has 1 aromatic heterocycles. The number of hydrogen-bond acceptors (Lipinski definition) is 5. The first-order valence-electron chi connectivity index (χ1n) is 9.46. The van der Waals surface area contributed by atoms with Crippen LogP contribution in [0.3, 0.4) is 0 Å². The van der Waals surface area contributed by atoms with E-state index in [1.165, 1.54) is 4.57 Å². The molecule has 0 spiro atoms. The zero-order chi connectivity index (χ0) is 20.8. The van der Waals surface area contributed by atoms with Crippen molar-refractivity contribution in [3.8, 4) is 11.4 Å². The summed E-state index contributed by atoms with van der Waals surface area (Å²) < 4.78 is 5.97. The number of amides is 1. The van der Waals surface area contributed by atoms with Crippen LogP contribution in [0.1, 0.15) is 30.6 Å². The van der Waals surface area contributed by atoms with Gasteiger partial charge in [-0.25, -0.2) is 9.36 Å². The molecule has 7 heteroatoms. The smallest absolute Gasteiger partial charge is 0.342 e. The van der Waals surface area contributed by atoms with E-state index < -0.39 is 11.8 Å². The summed E-state index contributed by atoms with van der Waals surface area (Å²) in [5, 5.41) is 6.60. The van der Waals surface area contributed by atoms with E-state index in [1.807, 2.05) is 38.1 Å². The van der Waals surface area contributed by atoms with Gasteiger partial charge in [0, 0.05) is 11.1 Å². The minimum absolute atomic E-state index is 0.174. The molecule has 29 heavy (non-hydrogen) atoms. The van der Waals surface area contributed by atoms with Crippen molar-refractivity contribution < 1.29 is 14.1 Å². The van der Waals surface area contributed by atoms with Crippen LogP contribution in [0, 0.1) is 5.92 Å². The molecule has 150 valence electrons. The highest BCUT2D eigenvalue weighted by atomic mass is 16.5. The molecule has 0 unspecified atom stereocenters. The molecule has 0 aliphatic rings. The Morgan fingerprint density at radius 2 is 1.66 bits per heavy atom. The van der Waals surface area contributed by atoms with E-state index in [9.17, 15) is 14.4 Å². The summed E-state index contributed by atoms with van der Waals surface area (Å²) in [6.07, 6.45) is 0.456. The van der Waals surface area contributed by atoms with Gasteiger partial charge in [0.25, 0.3) is 5.91 Å². The molecule has 0 fully saturated rings. The zero-order valence-electron chi connectivity index (χ0n) is 16.4. The third-order valence-corrected chi connectivity index (χ3v) is 4.47. The number of nitrogens with one attached hydrogen (secondary N) is 1. The van der Waals surface area contributed by atoms with Crippen molar-refractivity contribution in [1.29, 1.82) is 0 Å². The van der Waals surface area contributed by atoms with Crippen molar-refractivity contribution in [2.24, 2.45) is 5.92 Å². The maximum absolute atomic E-state index is 13.0. The van der Waals surface area contributed by atoms with Crippen LogP contribution in [0.15, 0.2) is 70.0 Å². The average molecular weight is 393 g/mol. The molecule has 1 heterocycles. The van der Waals surface area contributed by atoms with E-state index >= 15 is 0 Å². The number of hydrogen-bond donors (Lipinski definition) is 1. The summed E-state index contributed by atoms with van der Waals surface area (Å²) >= 11 is 0. The lowest BCUT2D eigenvalue weighted by Gasteiger charge is -2.20. The maximum Gasteiger partial charge on any atom is 0.442 e. The SMILES string of the molecule is CC(C)C[C@H](NC(=O)c1ccccc1)C(=O)Cn1c(-c2ccccc2)noc1=O. The van der Waals surface area contributed by atoms with Crippen molar-refractivity contribution in [1.82, 2.24) is 15.0 Å². The van der Waals surface area contributed by atoms with Crippen molar-refractivity contribution in [3.63, 3.8) is 0 Å². The second-order valence-corrected chi connectivity index (χ2v) is 7.21. The first-order valence-corrected chi connectivity index (χ1v) is 9.46. The third kappa shape index (κ3) is 5.07. The summed E-state index contributed by atoms with van der Waals surface area (Å²) in [4.78, 5) is 37.7. The molecule has 0 saturated carbocycles. The first kappa shape index (κ1) is 20.3. The van der Waals surface area contributed by atoms with Gasteiger partial charge in [0.1, 0.15) is 0 Å². The Morgan fingerprint density at radius 3 is 2.28 bits per heavy atom. The average Bonchev–Trinajstić information content (AvgIpc) is 3.08. The number of carbonyl (C=O) groups excluding carboxylic acids is 2. The van der Waals surface area contributed by atoms with Gasteiger partial charge in [0.2, 0.25) is 0 Å². The lowest BCUT2D eigenvalue weighted by molar-refractivity contribution is -0.121. The molecule has 0 bridgehead atoms. The highest BCUT2D eigenvalue weighted by Gasteiger charge is 2.25. The van der Waals surface area contributed by atoms with Crippen molar-refractivity contribution in [2.75, 3.05) is 0 Å². The fourth-order valence-corrected chi connectivity index (χ4v) is 3.04. The summed E-state index contributed by atoms with van der Waals surface area (Å²) in [6, 6.07) is 17.0. The molecule has 1 amide bonds. The van der Waals surface area contributed by atoms with Crippen LogP contribution in [0.4, 0.5) is 0 Å². The lowest BCUT2D eigenvalue weighted by Crippen LogP contribution is -2.44. The molecule has 2 aromatic carbocycles. The van der Waals surface area contributed by atoms with Crippen molar-refractivity contribution in [3.05, 3.63) is 76.8 Å². The molecule has 0 radical (unpaired) electrons. The van der Waals surface area contributed by atoms with E-state index in [0.717, 1.165) is 0 Å². The lowest BCUT2D eigenvalue weighted by atomic mass is 9.99. The Morgan fingerprint density at radius 1 is 1.03 bits per heavy atom. The van der Waals surface area contributed by atoms with Gasteiger partial charge in [-0.3, -0.25) is 14.1 Å². The standard InChI is InChI=1S/C22H23N3O4/c1-15(2)13-18(23-21(27)17-11-7-4-8-12-17)19(26)14-25-20(24-29-22(25)28)16-9-5-3-6-10-16/h3-12,15,18H,13-14H2,1-2H3,(H,23,27)/t18-/m0/s1. The Hall–Kier alpha value is -3.48. The Balaban J connectivity index is 1.82. The molecular formula is C22H23N3O4. The van der Waals surface area contributed by atoms with Crippen LogP contribution in [-0.2, 0) is 11.3 Å². The van der Waals surface area contributed by atoms with Crippen LogP contribution in [0.5, 0.6) is 0 Å². The minimum atomic E-state index is -0.729. The number of rotatable bonds is 8. The highest BCUT2D eigenvalue weighted by Crippen LogP contribution is 2.16. The molecular weight excluding hydrogens is 370 g/mol. The Bertz CT molecular complexity index is 1020. The fraction of sp³-hybridized carbons (Fsp3) is 0.273. The topological polar surface area (TPSA) is 94.2 Å². The summed E-state index contributed by atoms with van der Waals surface area (Å²) in [7, 11) is 0. The first-order chi connectivity index (χ1) is 14.0. The number of nitrogens with zero attached hydrogens (tertiary/aromatic N) is 2. The van der Waals surface area contributed by atoms with E-state index in [-0.39, 0.29) is 30.0 Å². The van der Waals surface area contributed by atoms with Gasteiger partial charge in [-0.1, -0.05) is 67.5 Å². The number of carbonyl (C=O) groups is 2. The van der Waals surface area contributed by atoms with Gasteiger partial charge in [0.05, 0.1) is 12.6 Å². The van der Waals surface area contributed by atoms with Gasteiger partial charge < -0.3 is 5.32 Å². The quantitative estimate of drug-likeness (QED) is 0.635. The monoisotopic (exact) mass is 393 g/mol. The Labute approximate surface area is 168 Å². The van der Waals surface area contributed by atoms with Crippen LogP contribution in [0.25, 0.3) is 11.4 Å². The van der Waals surface area contributed by atoms with Crippen LogP contribution in [-0.4, -0.2) is 27.5 Å². The normalized spacial score (nSPS) is 12.0. The minimum Gasteiger partial charge on any atom is -0.342 e. The van der Waals surface area contributed by atoms with E-state index in [1.54, 1.807) is 36.4 Å². The molecule has 3 aromatic rings. The maximum atomic E-state index is 13.0. The molecule has 0 aliphatic heterocycles. The van der Waals surface area contributed by atoms with E-state index in [4.69, 9.17) is 4.52 Å². The number of ketones is 1. The Kier molecular flexibility index (Phi) is 6.39. The summed E-state index contributed by atoms with van der Waals surface area (Å²) in [6.45, 7) is 3.70. The molecule has 1 atom stereocenters. The van der Waals surface area contributed by atoms with Gasteiger partial charge in [-0.15, -0.1) is 0 Å². The van der Waals surface area contributed by atoms with Gasteiger partial charge >= 0.3 is 5.76 Å².